The molecule has 0 radical (unpaired) electrons. The fraction of sp³-hybridized carbons (Fsp3) is 0.357. The van der Waals surface area contributed by atoms with Gasteiger partial charge in [0, 0.05) is 22.9 Å². The lowest BCUT2D eigenvalue weighted by Gasteiger charge is -2.16. The van der Waals surface area contributed by atoms with Gasteiger partial charge in [-0.25, -0.2) is 13.8 Å². The van der Waals surface area contributed by atoms with Crippen molar-refractivity contribution in [3.63, 3.8) is 0 Å². The third kappa shape index (κ3) is 2.57. The molecule has 106 valence electrons. The second kappa shape index (κ2) is 5.52. The first kappa shape index (κ1) is 13.5. The summed E-state index contributed by atoms with van der Waals surface area (Å²) in [7, 11) is 0. The van der Waals surface area contributed by atoms with E-state index < -0.39 is 11.6 Å². The van der Waals surface area contributed by atoms with Gasteiger partial charge in [-0.1, -0.05) is 28.8 Å². The summed E-state index contributed by atoms with van der Waals surface area (Å²) in [4.78, 5) is 4.17. The van der Waals surface area contributed by atoms with E-state index in [1.165, 1.54) is 25.0 Å². The Morgan fingerprint density at radius 3 is 2.50 bits per heavy atom. The minimum Gasteiger partial charge on any atom is -0.321 e. The third-order valence-electron chi connectivity index (χ3n) is 3.63. The zero-order chi connectivity index (χ0) is 14.1. The van der Waals surface area contributed by atoms with Crippen molar-refractivity contribution in [2.75, 3.05) is 5.32 Å². The molecule has 20 heavy (non-hydrogen) atoms. The lowest BCUT2D eigenvalue weighted by atomic mass is 10.2. The summed E-state index contributed by atoms with van der Waals surface area (Å²) in [5.74, 6) is -0.798. The van der Waals surface area contributed by atoms with Gasteiger partial charge in [-0.15, -0.1) is 0 Å². The van der Waals surface area contributed by atoms with E-state index in [4.69, 9.17) is 0 Å². The van der Waals surface area contributed by atoms with Crippen LogP contribution in [0.1, 0.15) is 31.7 Å². The van der Waals surface area contributed by atoms with Gasteiger partial charge in [-0.3, -0.25) is 0 Å². The van der Waals surface area contributed by atoms with Gasteiger partial charge < -0.3 is 9.88 Å². The van der Waals surface area contributed by atoms with Crippen LogP contribution in [0.4, 0.5) is 20.4 Å². The fourth-order valence-electron chi connectivity index (χ4n) is 2.66. The van der Waals surface area contributed by atoms with Crippen molar-refractivity contribution in [3.05, 3.63) is 40.6 Å². The minimum absolute atomic E-state index is 0.168. The van der Waals surface area contributed by atoms with Crippen LogP contribution in [-0.4, -0.2) is 9.55 Å². The second-order valence-corrected chi connectivity index (χ2v) is 5.88. The standard InChI is InChI=1S/C14H14BrF2N3/c15-9-7-11(16)13(12(17)8-9)19-14-18-5-6-20(14)10-3-1-2-4-10/h5-8,10H,1-4H2,(H,18,19). The Bertz CT molecular complexity index is 598. The second-order valence-electron chi connectivity index (χ2n) is 4.97. The van der Waals surface area contributed by atoms with Gasteiger partial charge in [0.15, 0.2) is 11.6 Å². The average Bonchev–Trinajstić information content (AvgIpc) is 3.04. The van der Waals surface area contributed by atoms with Crippen molar-refractivity contribution in [3.8, 4) is 0 Å². The molecule has 0 atom stereocenters. The molecule has 0 aliphatic heterocycles. The van der Waals surface area contributed by atoms with Crippen LogP contribution in [-0.2, 0) is 0 Å². The van der Waals surface area contributed by atoms with Gasteiger partial charge in [0.25, 0.3) is 0 Å². The zero-order valence-electron chi connectivity index (χ0n) is 10.7. The number of imidazole rings is 1. The van der Waals surface area contributed by atoms with Crippen molar-refractivity contribution >= 4 is 27.6 Å². The molecule has 3 rings (SSSR count). The first-order valence-corrected chi connectivity index (χ1v) is 7.39. The number of halogens is 3. The summed E-state index contributed by atoms with van der Waals surface area (Å²) >= 11 is 3.06. The number of nitrogens with zero attached hydrogens (tertiary/aromatic N) is 2. The van der Waals surface area contributed by atoms with Gasteiger partial charge in [0.2, 0.25) is 5.95 Å². The Morgan fingerprint density at radius 2 is 1.85 bits per heavy atom. The molecule has 1 aromatic carbocycles. The number of anilines is 2. The molecule has 1 saturated carbocycles. The van der Waals surface area contributed by atoms with E-state index in [1.54, 1.807) is 6.20 Å². The summed E-state index contributed by atoms with van der Waals surface area (Å²) in [5.41, 5.74) is -0.168. The maximum atomic E-state index is 13.8. The fourth-order valence-corrected chi connectivity index (χ4v) is 3.06. The molecule has 0 bridgehead atoms. The molecule has 1 aliphatic rings. The van der Waals surface area contributed by atoms with Gasteiger partial charge in [-0.05, 0) is 25.0 Å². The molecule has 1 N–H and O–H groups in total. The van der Waals surface area contributed by atoms with E-state index in [0.29, 0.717) is 16.5 Å². The van der Waals surface area contributed by atoms with Crippen molar-refractivity contribution in [1.82, 2.24) is 9.55 Å². The topological polar surface area (TPSA) is 29.9 Å². The van der Waals surface area contributed by atoms with Crippen LogP contribution in [0.25, 0.3) is 0 Å². The normalized spacial score (nSPS) is 15.8. The largest absolute Gasteiger partial charge is 0.321 e. The highest BCUT2D eigenvalue weighted by molar-refractivity contribution is 9.10. The lowest BCUT2D eigenvalue weighted by Crippen LogP contribution is -2.09. The van der Waals surface area contributed by atoms with Crippen LogP contribution in [0.3, 0.4) is 0 Å². The van der Waals surface area contributed by atoms with Gasteiger partial charge in [0.05, 0.1) is 0 Å². The molecule has 3 nitrogen and oxygen atoms in total. The quantitative estimate of drug-likeness (QED) is 0.870. The van der Waals surface area contributed by atoms with Crippen LogP contribution < -0.4 is 5.32 Å². The van der Waals surface area contributed by atoms with E-state index in [9.17, 15) is 8.78 Å². The third-order valence-corrected chi connectivity index (χ3v) is 4.09. The highest BCUT2D eigenvalue weighted by Crippen LogP contribution is 2.33. The number of hydrogen-bond acceptors (Lipinski definition) is 2. The van der Waals surface area contributed by atoms with E-state index >= 15 is 0 Å². The Balaban J connectivity index is 1.90. The molecule has 6 heteroatoms. The average molecular weight is 342 g/mol. The molecule has 1 fully saturated rings. The van der Waals surface area contributed by atoms with Crippen LogP contribution in [0, 0.1) is 11.6 Å². The molecular formula is C14H14BrF2N3. The maximum absolute atomic E-state index is 13.8. The number of hydrogen-bond donors (Lipinski definition) is 1. The maximum Gasteiger partial charge on any atom is 0.207 e. The predicted molar refractivity (Wildman–Crippen MR) is 77.1 cm³/mol. The SMILES string of the molecule is Fc1cc(Br)cc(F)c1Nc1nccn1C1CCCC1. The summed E-state index contributed by atoms with van der Waals surface area (Å²) in [6, 6.07) is 2.82. The predicted octanol–water partition coefficient (Wildman–Crippen LogP) is 4.78. The summed E-state index contributed by atoms with van der Waals surface area (Å²) in [5, 5.41) is 2.77. The van der Waals surface area contributed by atoms with Gasteiger partial charge in [-0.2, -0.15) is 0 Å². The molecule has 0 spiro atoms. The minimum atomic E-state index is -0.641. The molecule has 1 aliphatic carbocycles. The molecule has 0 saturated heterocycles. The Morgan fingerprint density at radius 1 is 1.20 bits per heavy atom. The Kier molecular flexibility index (Phi) is 3.74. The molecule has 1 aromatic heterocycles. The monoisotopic (exact) mass is 341 g/mol. The van der Waals surface area contributed by atoms with Crippen LogP contribution in [0.5, 0.6) is 0 Å². The van der Waals surface area contributed by atoms with E-state index in [-0.39, 0.29) is 5.69 Å². The Labute approximate surface area is 124 Å². The number of aromatic nitrogens is 2. The smallest absolute Gasteiger partial charge is 0.207 e. The van der Waals surface area contributed by atoms with Gasteiger partial charge in [0.1, 0.15) is 5.69 Å². The zero-order valence-corrected chi connectivity index (χ0v) is 12.3. The Hall–Kier alpha value is -1.43. The summed E-state index contributed by atoms with van der Waals surface area (Å²) < 4.78 is 30.0. The molecule has 0 amide bonds. The molecule has 1 heterocycles. The molecule has 0 unspecified atom stereocenters. The van der Waals surface area contributed by atoms with Crippen molar-refractivity contribution in [2.45, 2.75) is 31.7 Å². The number of benzene rings is 1. The van der Waals surface area contributed by atoms with E-state index in [2.05, 4.69) is 26.2 Å². The molecule has 2 aromatic rings. The van der Waals surface area contributed by atoms with Gasteiger partial charge >= 0.3 is 0 Å². The number of rotatable bonds is 3. The van der Waals surface area contributed by atoms with Crippen LogP contribution >= 0.6 is 15.9 Å². The van der Waals surface area contributed by atoms with E-state index in [1.807, 2.05) is 10.8 Å². The van der Waals surface area contributed by atoms with Crippen molar-refractivity contribution in [1.29, 1.82) is 0 Å². The summed E-state index contributed by atoms with van der Waals surface area (Å²) in [6.07, 6.45) is 8.03. The highest BCUT2D eigenvalue weighted by atomic mass is 79.9. The van der Waals surface area contributed by atoms with Crippen molar-refractivity contribution < 1.29 is 8.78 Å². The van der Waals surface area contributed by atoms with Crippen LogP contribution in [0.2, 0.25) is 0 Å². The number of nitrogens with one attached hydrogen (secondary N) is 1. The lowest BCUT2D eigenvalue weighted by molar-refractivity contribution is 0.523. The highest BCUT2D eigenvalue weighted by Gasteiger charge is 2.20. The summed E-state index contributed by atoms with van der Waals surface area (Å²) in [6.45, 7) is 0. The first-order chi connectivity index (χ1) is 9.65. The van der Waals surface area contributed by atoms with Crippen LogP contribution in [0.15, 0.2) is 29.0 Å². The molecular weight excluding hydrogens is 328 g/mol. The van der Waals surface area contributed by atoms with E-state index in [0.717, 1.165) is 12.8 Å². The first-order valence-electron chi connectivity index (χ1n) is 6.59. The van der Waals surface area contributed by atoms with Crippen molar-refractivity contribution in [2.24, 2.45) is 0 Å².